The van der Waals surface area contributed by atoms with Crippen molar-refractivity contribution in [2.24, 2.45) is 5.73 Å². The Bertz CT molecular complexity index is 396. The Labute approximate surface area is 83.7 Å². The zero-order valence-electron chi connectivity index (χ0n) is 7.58. The van der Waals surface area contributed by atoms with E-state index in [2.05, 4.69) is 4.98 Å². The number of nitrogen functional groups attached to an aromatic ring is 1. The van der Waals surface area contributed by atoms with Gasteiger partial charge in [0, 0.05) is 6.54 Å². The summed E-state index contributed by atoms with van der Waals surface area (Å²) >= 11 is 0. The van der Waals surface area contributed by atoms with Crippen LogP contribution in [0.5, 0.6) is 0 Å². The molecular weight excluding hydrogens is 208 g/mol. The maximum Gasteiger partial charge on any atom is 0.337 e. The van der Waals surface area contributed by atoms with Crippen LogP contribution in [-0.2, 0) is 6.54 Å². The SMILES string of the molecule is NCc1nc(C(F)F)cc(C(=O)O)c1N. The molecule has 0 saturated carbocycles. The molecule has 0 aromatic carbocycles. The van der Waals surface area contributed by atoms with Gasteiger partial charge in [-0.2, -0.15) is 0 Å². The Morgan fingerprint density at radius 2 is 2.20 bits per heavy atom. The first kappa shape index (κ1) is 11.3. The highest BCUT2D eigenvalue weighted by molar-refractivity contribution is 5.94. The van der Waals surface area contributed by atoms with Crippen LogP contribution >= 0.6 is 0 Å². The molecule has 0 bridgehead atoms. The first-order valence-corrected chi connectivity index (χ1v) is 3.98. The largest absolute Gasteiger partial charge is 0.478 e. The maximum absolute atomic E-state index is 12.3. The molecule has 0 atom stereocenters. The van der Waals surface area contributed by atoms with Crippen LogP contribution in [0.3, 0.4) is 0 Å². The zero-order chi connectivity index (χ0) is 11.6. The Morgan fingerprint density at radius 1 is 1.60 bits per heavy atom. The molecule has 0 aliphatic carbocycles. The van der Waals surface area contributed by atoms with Gasteiger partial charge in [0.05, 0.1) is 16.9 Å². The number of rotatable bonds is 3. The Morgan fingerprint density at radius 3 is 2.60 bits per heavy atom. The van der Waals surface area contributed by atoms with Crippen molar-refractivity contribution in [3.05, 3.63) is 23.0 Å². The standard InChI is InChI=1S/C8H9F2N3O2/c9-7(10)4-1-3(8(14)15)6(12)5(2-11)13-4/h1,7H,2,11-12H2,(H,14,15). The smallest absolute Gasteiger partial charge is 0.337 e. The van der Waals surface area contributed by atoms with Crippen LogP contribution < -0.4 is 11.5 Å². The van der Waals surface area contributed by atoms with Crippen molar-refractivity contribution in [1.29, 1.82) is 0 Å². The minimum atomic E-state index is -2.85. The maximum atomic E-state index is 12.3. The summed E-state index contributed by atoms with van der Waals surface area (Å²) in [5, 5.41) is 8.70. The van der Waals surface area contributed by atoms with Crippen LogP contribution in [0, 0.1) is 0 Å². The van der Waals surface area contributed by atoms with E-state index in [1.165, 1.54) is 0 Å². The van der Waals surface area contributed by atoms with E-state index in [0.717, 1.165) is 6.07 Å². The summed E-state index contributed by atoms with van der Waals surface area (Å²) in [4.78, 5) is 14.1. The number of hydrogen-bond acceptors (Lipinski definition) is 4. The molecule has 0 fully saturated rings. The predicted octanol–water partition coefficient (Wildman–Crippen LogP) is 0.758. The van der Waals surface area contributed by atoms with Gasteiger partial charge in [-0.1, -0.05) is 0 Å². The van der Waals surface area contributed by atoms with E-state index in [-0.39, 0.29) is 17.9 Å². The lowest BCUT2D eigenvalue weighted by atomic mass is 10.1. The van der Waals surface area contributed by atoms with E-state index >= 15 is 0 Å². The lowest BCUT2D eigenvalue weighted by molar-refractivity contribution is 0.0697. The fourth-order valence-corrected chi connectivity index (χ4v) is 1.07. The minimum absolute atomic E-state index is 0.0369. The number of halogens is 2. The van der Waals surface area contributed by atoms with Crippen molar-refractivity contribution in [2.75, 3.05) is 5.73 Å². The second-order valence-electron chi connectivity index (χ2n) is 2.77. The normalized spacial score (nSPS) is 10.7. The molecular formula is C8H9F2N3O2. The van der Waals surface area contributed by atoms with Crippen molar-refractivity contribution in [3.8, 4) is 0 Å². The van der Waals surface area contributed by atoms with Crippen molar-refractivity contribution in [1.82, 2.24) is 4.98 Å². The van der Waals surface area contributed by atoms with E-state index in [9.17, 15) is 13.6 Å². The van der Waals surface area contributed by atoms with Crippen LogP contribution in [0.4, 0.5) is 14.5 Å². The molecule has 0 spiro atoms. The Kier molecular flexibility index (Phi) is 3.15. The number of nitrogens with two attached hydrogens (primary N) is 2. The van der Waals surface area contributed by atoms with Gasteiger partial charge in [-0.05, 0) is 6.07 Å². The average Bonchev–Trinajstić information content (AvgIpc) is 2.17. The van der Waals surface area contributed by atoms with Gasteiger partial charge < -0.3 is 16.6 Å². The predicted molar refractivity (Wildman–Crippen MR) is 48.5 cm³/mol. The van der Waals surface area contributed by atoms with Gasteiger partial charge in [0.1, 0.15) is 5.69 Å². The molecule has 82 valence electrons. The highest BCUT2D eigenvalue weighted by Crippen LogP contribution is 2.23. The van der Waals surface area contributed by atoms with Gasteiger partial charge in [0.15, 0.2) is 0 Å². The van der Waals surface area contributed by atoms with E-state index in [1.807, 2.05) is 0 Å². The van der Waals surface area contributed by atoms with E-state index in [1.54, 1.807) is 0 Å². The average molecular weight is 217 g/mol. The monoisotopic (exact) mass is 217 g/mol. The van der Waals surface area contributed by atoms with Gasteiger partial charge in [-0.25, -0.2) is 18.6 Å². The first-order valence-electron chi connectivity index (χ1n) is 3.98. The second kappa shape index (κ2) is 4.18. The quantitative estimate of drug-likeness (QED) is 0.693. The summed E-state index contributed by atoms with van der Waals surface area (Å²) in [5.41, 5.74) is 9.36. The molecule has 1 heterocycles. The van der Waals surface area contributed by atoms with Crippen LogP contribution in [-0.4, -0.2) is 16.1 Å². The molecule has 15 heavy (non-hydrogen) atoms. The van der Waals surface area contributed by atoms with Gasteiger partial charge in [0.25, 0.3) is 6.43 Å². The molecule has 0 aliphatic heterocycles. The number of nitrogens with zero attached hydrogens (tertiary/aromatic N) is 1. The number of aromatic nitrogens is 1. The molecule has 5 N–H and O–H groups in total. The molecule has 5 nitrogen and oxygen atoms in total. The number of aromatic carboxylic acids is 1. The van der Waals surface area contributed by atoms with Crippen LogP contribution in [0.25, 0.3) is 0 Å². The summed E-state index contributed by atoms with van der Waals surface area (Å²) in [6.45, 7) is -0.188. The Hall–Kier alpha value is -1.76. The number of alkyl halides is 2. The lowest BCUT2D eigenvalue weighted by Crippen LogP contribution is -2.12. The van der Waals surface area contributed by atoms with Crippen molar-refractivity contribution in [2.45, 2.75) is 13.0 Å². The summed E-state index contributed by atoms with van der Waals surface area (Å²) in [6, 6.07) is 0.751. The van der Waals surface area contributed by atoms with Crippen molar-refractivity contribution in [3.63, 3.8) is 0 Å². The van der Waals surface area contributed by atoms with Crippen molar-refractivity contribution < 1.29 is 18.7 Å². The topological polar surface area (TPSA) is 102 Å². The molecule has 1 rings (SSSR count). The van der Waals surface area contributed by atoms with Gasteiger partial charge in [0.2, 0.25) is 0 Å². The van der Waals surface area contributed by atoms with E-state index in [0.29, 0.717) is 0 Å². The van der Waals surface area contributed by atoms with Crippen LogP contribution in [0.15, 0.2) is 6.07 Å². The molecule has 0 radical (unpaired) electrons. The summed E-state index contributed by atoms with van der Waals surface area (Å²) in [6.07, 6.45) is -2.85. The summed E-state index contributed by atoms with van der Waals surface area (Å²) in [7, 11) is 0. The van der Waals surface area contributed by atoms with Gasteiger partial charge in [-0.15, -0.1) is 0 Å². The molecule has 1 aromatic heterocycles. The number of hydrogen-bond donors (Lipinski definition) is 3. The second-order valence-corrected chi connectivity index (χ2v) is 2.77. The summed E-state index contributed by atoms with van der Waals surface area (Å²) in [5.74, 6) is -1.38. The molecule has 7 heteroatoms. The highest BCUT2D eigenvalue weighted by atomic mass is 19.3. The fourth-order valence-electron chi connectivity index (χ4n) is 1.07. The molecule has 0 amide bonds. The molecule has 1 aromatic rings. The number of anilines is 1. The molecule has 0 unspecified atom stereocenters. The van der Waals surface area contributed by atoms with E-state index in [4.69, 9.17) is 16.6 Å². The van der Waals surface area contributed by atoms with Crippen molar-refractivity contribution >= 4 is 11.7 Å². The number of pyridine rings is 1. The number of carbonyl (C=O) groups is 1. The van der Waals surface area contributed by atoms with Gasteiger partial charge in [-0.3, -0.25) is 0 Å². The van der Waals surface area contributed by atoms with Crippen LogP contribution in [0.2, 0.25) is 0 Å². The zero-order valence-corrected chi connectivity index (χ0v) is 7.58. The van der Waals surface area contributed by atoms with Crippen LogP contribution in [0.1, 0.15) is 28.2 Å². The number of carboxylic acid groups (broad SMARTS) is 1. The molecule has 0 aliphatic rings. The number of carboxylic acids is 1. The van der Waals surface area contributed by atoms with Gasteiger partial charge >= 0.3 is 5.97 Å². The fraction of sp³-hybridized carbons (Fsp3) is 0.250. The molecule has 0 saturated heterocycles. The Balaban J connectivity index is 3.38. The summed E-state index contributed by atoms with van der Waals surface area (Å²) < 4.78 is 24.6. The lowest BCUT2D eigenvalue weighted by Gasteiger charge is -2.08. The van der Waals surface area contributed by atoms with E-state index < -0.39 is 23.7 Å². The highest BCUT2D eigenvalue weighted by Gasteiger charge is 2.18. The third-order valence-corrected chi connectivity index (χ3v) is 1.80. The minimum Gasteiger partial charge on any atom is -0.478 e. The third kappa shape index (κ3) is 2.18. The first-order chi connectivity index (χ1) is 6.97. The third-order valence-electron chi connectivity index (χ3n) is 1.80.